The highest BCUT2D eigenvalue weighted by molar-refractivity contribution is 4.75. The van der Waals surface area contributed by atoms with E-state index < -0.39 is 0 Å². The molecule has 0 spiro atoms. The van der Waals surface area contributed by atoms with Crippen LogP contribution in [0.4, 0.5) is 0 Å². The Morgan fingerprint density at radius 2 is 0.613 bits per heavy atom. The third-order valence-electron chi connectivity index (χ3n) is 7.69. The highest BCUT2D eigenvalue weighted by Gasteiger charge is 2.23. The van der Waals surface area contributed by atoms with Crippen LogP contribution in [0.25, 0.3) is 0 Å². The molecule has 0 aromatic carbocycles. The smallest absolute Gasteiger partial charge is 0.0431 e. The number of aliphatic hydroxyl groups excluding tert-OH is 2. The topological polar surface area (TPSA) is 40.5 Å². The Hall–Kier alpha value is -0.0800. The first-order valence-electron chi connectivity index (χ1n) is 14.6. The minimum absolute atomic E-state index is 0.371. The fourth-order valence-corrected chi connectivity index (χ4v) is 5.62. The first kappa shape index (κ1) is 29.0. The monoisotopic (exact) mass is 438 g/mol. The van der Waals surface area contributed by atoms with E-state index in [2.05, 4.69) is 0 Å². The van der Waals surface area contributed by atoms with Crippen LogP contribution in [0.5, 0.6) is 0 Å². The van der Waals surface area contributed by atoms with Gasteiger partial charge in [-0.1, -0.05) is 141 Å². The van der Waals surface area contributed by atoms with E-state index in [0.29, 0.717) is 13.2 Å². The molecule has 1 rings (SSSR count). The number of hydrogen-bond acceptors (Lipinski definition) is 2. The van der Waals surface area contributed by atoms with Crippen molar-refractivity contribution >= 4 is 0 Å². The van der Waals surface area contributed by atoms with Gasteiger partial charge in [-0.15, -0.1) is 0 Å². The number of rotatable bonds is 24. The van der Waals surface area contributed by atoms with Gasteiger partial charge in [0.15, 0.2) is 0 Å². The van der Waals surface area contributed by atoms with Crippen LogP contribution in [-0.4, -0.2) is 23.4 Å². The Morgan fingerprint density at radius 1 is 0.355 bits per heavy atom. The van der Waals surface area contributed by atoms with Crippen molar-refractivity contribution in [1.82, 2.24) is 0 Å². The lowest BCUT2D eigenvalue weighted by Crippen LogP contribution is -1.97. The maximum absolute atomic E-state index is 8.78. The summed E-state index contributed by atoms with van der Waals surface area (Å²) in [6.45, 7) is 0.742. The Labute approximate surface area is 196 Å². The standard InChI is InChI=1S/C29H58O2/c30-25-19-15-11-7-3-1-5-9-13-17-21-28-23-24-29(27-28)22-18-14-10-6-2-4-8-12-16-20-26-31/h28-31H,1-27H2/t28-,29+. The molecule has 2 N–H and O–H groups in total. The number of unbranched alkanes of at least 4 members (excludes halogenated alkanes) is 18. The summed E-state index contributed by atoms with van der Waals surface area (Å²) in [4.78, 5) is 0. The zero-order valence-electron chi connectivity index (χ0n) is 21.1. The summed E-state index contributed by atoms with van der Waals surface area (Å²) in [6, 6.07) is 0. The SMILES string of the molecule is OCCCCCCCCCCCC[C@@H]1CC[C@H](CCCCCCCCCCCCO)C1. The molecule has 1 fully saturated rings. The summed E-state index contributed by atoms with van der Waals surface area (Å²) in [6.07, 6.45) is 34.7. The van der Waals surface area contributed by atoms with Crippen LogP contribution in [0.2, 0.25) is 0 Å². The van der Waals surface area contributed by atoms with Crippen molar-refractivity contribution in [2.75, 3.05) is 13.2 Å². The molecule has 0 aromatic rings. The molecule has 0 saturated heterocycles. The molecule has 1 aliphatic carbocycles. The van der Waals surface area contributed by atoms with Gasteiger partial charge in [-0.3, -0.25) is 0 Å². The summed E-state index contributed by atoms with van der Waals surface area (Å²) in [5.74, 6) is 2.12. The molecule has 0 aromatic heterocycles. The summed E-state index contributed by atoms with van der Waals surface area (Å²) < 4.78 is 0. The Kier molecular flexibility index (Phi) is 21.6. The van der Waals surface area contributed by atoms with E-state index in [1.54, 1.807) is 6.42 Å². The van der Waals surface area contributed by atoms with Crippen LogP contribution in [0.15, 0.2) is 0 Å². The van der Waals surface area contributed by atoms with Crippen LogP contribution in [0.1, 0.15) is 161 Å². The van der Waals surface area contributed by atoms with Crippen molar-refractivity contribution in [3.05, 3.63) is 0 Å². The van der Waals surface area contributed by atoms with Gasteiger partial charge in [0.25, 0.3) is 0 Å². The van der Waals surface area contributed by atoms with Gasteiger partial charge in [0.1, 0.15) is 0 Å². The fourth-order valence-electron chi connectivity index (χ4n) is 5.62. The van der Waals surface area contributed by atoms with Gasteiger partial charge in [0, 0.05) is 13.2 Å². The van der Waals surface area contributed by atoms with Crippen molar-refractivity contribution in [1.29, 1.82) is 0 Å². The lowest BCUT2D eigenvalue weighted by Gasteiger charge is -2.11. The van der Waals surface area contributed by atoms with Crippen LogP contribution in [-0.2, 0) is 0 Å². The molecule has 2 nitrogen and oxygen atoms in total. The molecule has 1 saturated carbocycles. The van der Waals surface area contributed by atoms with Crippen molar-refractivity contribution < 1.29 is 10.2 Å². The normalized spacial score (nSPS) is 18.8. The number of hydrogen-bond donors (Lipinski definition) is 2. The molecule has 0 unspecified atom stereocenters. The van der Waals surface area contributed by atoms with Crippen LogP contribution in [0, 0.1) is 11.8 Å². The van der Waals surface area contributed by atoms with E-state index in [1.807, 2.05) is 0 Å². The average molecular weight is 439 g/mol. The van der Waals surface area contributed by atoms with E-state index in [9.17, 15) is 0 Å². The Bertz CT molecular complexity index is 312. The molecule has 2 atom stereocenters. The maximum atomic E-state index is 8.78. The Morgan fingerprint density at radius 3 is 0.903 bits per heavy atom. The molecule has 1 aliphatic rings. The molecule has 0 aliphatic heterocycles. The van der Waals surface area contributed by atoms with Crippen molar-refractivity contribution in [3.8, 4) is 0 Å². The van der Waals surface area contributed by atoms with E-state index >= 15 is 0 Å². The van der Waals surface area contributed by atoms with Crippen LogP contribution < -0.4 is 0 Å². The quantitative estimate of drug-likeness (QED) is 0.148. The Balaban J connectivity index is 1.78. The number of aliphatic hydroxyl groups is 2. The third kappa shape index (κ3) is 19.1. The van der Waals surface area contributed by atoms with E-state index in [-0.39, 0.29) is 0 Å². The molecule has 0 radical (unpaired) electrons. The second-order valence-electron chi connectivity index (χ2n) is 10.6. The third-order valence-corrected chi connectivity index (χ3v) is 7.69. The minimum Gasteiger partial charge on any atom is -0.396 e. The van der Waals surface area contributed by atoms with Gasteiger partial charge in [-0.2, -0.15) is 0 Å². The highest BCUT2D eigenvalue weighted by Crippen LogP contribution is 2.37. The van der Waals surface area contributed by atoms with E-state index in [1.165, 1.54) is 141 Å². The molecule has 0 heterocycles. The first-order valence-corrected chi connectivity index (χ1v) is 14.6. The molecule has 2 heteroatoms. The lowest BCUT2D eigenvalue weighted by atomic mass is 9.95. The predicted octanol–water partition coefficient (Wildman–Crippen LogP) is 8.97. The fraction of sp³-hybridized carbons (Fsp3) is 1.00. The minimum atomic E-state index is 0.371. The van der Waals surface area contributed by atoms with E-state index in [4.69, 9.17) is 10.2 Å². The largest absolute Gasteiger partial charge is 0.396 e. The maximum Gasteiger partial charge on any atom is 0.0431 e. The molecule has 186 valence electrons. The van der Waals surface area contributed by atoms with Gasteiger partial charge in [0.05, 0.1) is 0 Å². The van der Waals surface area contributed by atoms with Gasteiger partial charge < -0.3 is 10.2 Å². The highest BCUT2D eigenvalue weighted by atomic mass is 16.3. The van der Waals surface area contributed by atoms with Gasteiger partial charge in [-0.05, 0) is 31.1 Å². The zero-order valence-corrected chi connectivity index (χ0v) is 21.1. The van der Waals surface area contributed by atoms with Crippen molar-refractivity contribution in [2.24, 2.45) is 11.8 Å². The van der Waals surface area contributed by atoms with Crippen LogP contribution >= 0.6 is 0 Å². The van der Waals surface area contributed by atoms with Gasteiger partial charge >= 0.3 is 0 Å². The molecule has 0 amide bonds. The van der Waals surface area contributed by atoms with Crippen molar-refractivity contribution in [2.45, 2.75) is 161 Å². The molecule has 0 bridgehead atoms. The predicted molar refractivity (Wildman–Crippen MR) is 137 cm³/mol. The summed E-state index contributed by atoms with van der Waals surface area (Å²) in [5.41, 5.74) is 0. The zero-order chi connectivity index (χ0) is 22.2. The second-order valence-corrected chi connectivity index (χ2v) is 10.6. The second kappa shape index (κ2) is 23.1. The average Bonchev–Trinajstić information content (AvgIpc) is 3.23. The first-order chi connectivity index (χ1) is 15.4. The van der Waals surface area contributed by atoms with Gasteiger partial charge in [0.2, 0.25) is 0 Å². The summed E-state index contributed by atoms with van der Waals surface area (Å²) in [5, 5.41) is 17.6. The summed E-state index contributed by atoms with van der Waals surface area (Å²) in [7, 11) is 0. The van der Waals surface area contributed by atoms with Crippen LogP contribution in [0.3, 0.4) is 0 Å². The van der Waals surface area contributed by atoms with E-state index in [0.717, 1.165) is 24.7 Å². The van der Waals surface area contributed by atoms with Gasteiger partial charge in [-0.25, -0.2) is 0 Å². The lowest BCUT2D eigenvalue weighted by molar-refractivity contribution is 0.282. The summed E-state index contributed by atoms with van der Waals surface area (Å²) >= 11 is 0. The molecular weight excluding hydrogens is 380 g/mol. The molecular formula is C29H58O2. The molecule has 31 heavy (non-hydrogen) atoms. The van der Waals surface area contributed by atoms with Crippen molar-refractivity contribution in [3.63, 3.8) is 0 Å².